The molecule has 23 heavy (non-hydrogen) atoms. The number of aryl methyl sites for hydroxylation is 1. The lowest BCUT2D eigenvalue weighted by molar-refractivity contribution is 0.0501. The van der Waals surface area contributed by atoms with Gasteiger partial charge in [0.15, 0.2) is 0 Å². The van der Waals surface area contributed by atoms with Gasteiger partial charge in [0.2, 0.25) is 0 Å². The fourth-order valence-corrected chi connectivity index (χ4v) is 3.33. The Balaban J connectivity index is 1.46. The summed E-state index contributed by atoms with van der Waals surface area (Å²) in [5.74, 6) is 0. The third kappa shape index (κ3) is 3.85. The van der Waals surface area contributed by atoms with E-state index in [1.54, 1.807) is 0 Å². The van der Waals surface area contributed by atoms with E-state index in [1.807, 2.05) is 6.20 Å². The first kappa shape index (κ1) is 15.9. The molecule has 1 aromatic heterocycles. The number of fused-ring (bicyclic) bond motifs is 1. The Morgan fingerprint density at radius 1 is 1.30 bits per heavy atom. The molecule has 0 radical (unpaired) electrons. The fourth-order valence-electron chi connectivity index (χ4n) is 3.33. The number of benzene rings is 1. The highest BCUT2D eigenvalue weighted by atomic mass is 16.3. The Morgan fingerprint density at radius 2 is 2.09 bits per heavy atom. The first-order chi connectivity index (χ1) is 11.1. The van der Waals surface area contributed by atoms with E-state index in [0.717, 1.165) is 37.6 Å². The van der Waals surface area contributed by atoms with Crippen molar-refractivity contribution in [3.05, 3.63) is 35.5 Å². The van der Waals surface area contributed by atoms with Gasteiger partial charge in [0.05, 0.1) is 5.60 Å². The van der Waals surface area contributed by atoms with Crippen LogP contribution in [0.25, 0.3) is 10.9 Å². The summed E-state index contributed by atoms with van der Waals surface area (Å²) in [7, 11) is 0. The largest absolute Gasteiger partial charge is 0.388 e. The van der Waals surface area contributed by atoms with Gasteiger partial charge in [-0.25, -0.2) is 4.79 Å². The van der Waals surface area contributed by atoms with Crippen molar-refractivity contribution in [3.8, 4) is 0 Å². The third-order valence-electron chi connectivity index (χ3n) is 4.72. The maximum Gasteiger partial charge on any atom is 0.314 e. The van der Waals surface area contributed by atoms with Gasteiger partial charge >= 0.3 is 6.03 Å². The van der Waals surface area contributed by atoms with Crippen molar-refractivity contribution >= 4 is 16.9 Å². The van der Waals surface area contributed by atoms with Crippen LogP contribution in [0.3, 0.4) is 0 Å². The van der Waals surface area contributed by atoms with E-state index in [4.69, 9.17) is 0 Å². The van der Waals surface area contributed by atoms with Crippen molar-refractivity contribution in [2.24, 2.45) is 0 Å². The summed E-state index contributed by atoms with van der Waals surface area (Å²) in [6, 6.07) is 6.14. The van der Waals surface area contributed by atoms with Crippen molar-refractivity contribution < 1.29 is 9.90 Å². The zero-order valence-corrected chi connectivity index (χ0v) is 13.6. The molecule has 2 aromatic rings. The Morgan fingerprint density at radius 3 is 2.87 bits per heavy atom. The molecule has 124 valence electrons. The van der Waals surface area contributed by atoms with Crippen LogP contribution in [-0.4, -0.2) is 34.8 Å². The van der Waals surface area contributed by atoms with Crippen molar-refractivity contribution in [3.63, 3.8) is 0 Å². The Kier molecular flexibility index (Phi) is 4.57. The first-order valence-corrected chi connectivity index (χ1v) is 8.36. The first-order valence-electron chi connectivity index (χ1n) is 8.36. The lowest BCUT2D eigenvalue weighted by Crippen LogP contribution is -2.45. The number of hydrogen-bond acceptors (Lipinski definition) is 2. The number of aliphatic hydroxyl groups is 1. The number of rotatable bonds is 5. The molecule has 4 N–H and O–H groups in total. The maximum atomic E-state index is 11.8. The normalized spacial score (nSPS) is 16.6. The Bertz CT molecular complexity index is 687. The quantitative estimate of drug-likeness (QED) is 0.684. The third-order valence-corrected chi connectivity index (χ3v) is 4.72. The lowest BCUT2D eigenvalue weighted by Gasteiger charge is -2.22. The molecule has 0 atom stereocenters. The summed E-state index contributed by atoms with van der Waals surface area (Å²) in [5, 5.41) is 17.1. The maximum absolute atomic E-state index is 11.8. The molecule has 0 unspecified atom stereocenters. The average Bonchev–Trinajstić information content (AvgIpc) is 3.12. The van der Waals surface area contributed by atoms with E-state index in [0.29, 0.717) is 13.1 Å². The summed E-state index contributed by atoms with van der Waals surface area (Å²) in [4.78, 5) is 15.1. The molecule has 0 spiro atoms. The predicted molar refractivity (Wildman–Crippen MR) is 91.6 cm³/mol. The van der Waals surface area contributed by atoms with Crippen LogP contribution in [0.1, 0.15) is 36.8 Å². The number of aromatic amines is 1. The van der Waals surface area contributed by atoms with Gasteiger partial charge in [-0.05, 0) is 43.4 Å². The number of H-pyrrole nitrogens is 1. The minimum absolute atomic E-state index is 0.207. The zero-order valence-electron chi connectivity index (χ0n) is 13.6. The van der Waals surface area contributed by atoms with E-state index < -0.39 is 5.60 Å². The molecule has 2 amide bonds. The van der Waals surface area contributed by atoms with Gasteiger partial charge in [0, 0.05) is 30.2 Å². The monoisotopic (exact) mass is 315 g/mol. The second kappa shape index (κ2) is 6.62. The van der Waals surface area contributed by atoms with Crippen molar-refractivity contribution in [2.75, 3.05) is 13.1 Å². The van der Waals surface area contributed by atoms with Crippen LogP contribution in [0.4, 0.5) is 4.79 Å². The van der Waals surface area contributed by atoms with Crippen LogP contribution in [0.15, 0.2) is 24.4 Å². The minimum atomic E-state index is -0.702. The molecule has 1 saturated carbocycles. The predicted octanol–water partition coefficient (Wildman–Crippen LogP) is 2.62. The molecule has 1 aromatic carbocycles. The fraction of sp³-hybridized carbons (Fsp3) is 0.500. The molecule has 3 rings (SSSR count). The SMILES string of the molecule is Cc1ccc2c(CCNC(=O)NCC3(O)CCCC3)c[nH]c2c1. The van der Waals surface area contributed by atoms with E-state index in [1.165, 1.54) is 16.5 Å². The molecular formula is C18H25N3O2. The van der Waals surface area contributed by atoms with E-state index in [-0.39, 0.29) is 6.03 Å². The second-order valence-electron chi connectivity index (χ2n) is 6.65. The zero-order chi connectivity index (χ0) is 16.3. The molecule has 1 aliphatic carbocycles. The molecule has 0 bridgehead atoms. The van der Waals surface area contributed by atoms with Crippen LogP contribution in [0, 0.1) is 6.92 Å². The van der Waals surface area contributed by atoms with Crippen molar-refractivity contribution in [2.45, 2.75) is 44.6 Å². The van der Waals surface area contributed by atoms with Gasteiger partial charge < -0.3 is 20.7 Å². The van der Waals surface area contributed by atoms with Gasteiger partial charge in [-0.3, -0.25) is 0 Å². The van der Waals surface area contributed by atoms with Gasteiger partial charge in [0.1, 0.15) is 0 Å². The summed E-state index contributed by atoms with van der Waals surface area (Å²) in [6.45, 7) is 2.99. The summed E-state index contributed by atoms with van der Waals surface area (Å²) in [6.07, 6.45) is 6.43. The van der Waals surface area contributed by atoms with Gasteiger partial charge in [0.25, 0.3) is 0 Å². The highest BCUT2D eigenvalue weighted by Gasteiger charge is 2.31. The number of hydrogen-bond donors (Lipinski definition) is 4. The number of urea groups is 1. The van der Waals surface area contributed by atoms with Gasteiger partial charge in [-0.1, -0.05) is 25.0 Å². The van der Waals surface area contributed by atoms with Gasteiger partial charge in [-0.2, -0.15) is 0 Å². The highest BCUT2D eigenvalue weighted by Crippen LogP contribution is 2.28. The molecule has 5 nitrogen and oxygen atoms in total. The van der Waals surface area contributed by atoms with Crippen LogP contribution in [0.2, 0.25) is 0 Å². The highest BCUT2D eigenvalue weighted by molar-refractivity contribution is 5.83. The number of amides is 2. The number of carbonyl (C=O) groups is 1. The smallest absolute Gasteiger partial charge is 0.314 e. The standard InChI is InChI=1S/C18H25N3O2/c1-13-4-5-15-14(11-20-16(15)10-13)6-9-19-17(22)21-12-18(23)7-2-3-8-18/h4-5,10-11,20,23H,2-3,6-9,12H2,1H3,(H2,19,21,22). The van der Waals surface area contributed by atoms with Gasteiger partial charge in [-0.15, -0.1) is 0 Å². The van der Waals surface area contributed by atoms with Crippen molar-refractivity contribution in [1.82, 2.24) is 15.6 Å². The number of carbonyl (C=O) groups excluding carboxylic acids is 1. The molecule has 1 fully saturated rings. The summed E-state index contributed by atoms with van der Waals surface area (Å²) in [5.41, 5.74) is 2.86. The summed E-state index contributed by atoms with van der Waals surface area (Å²) >= 11 is 0. The van der Waals surface area contributed by atoms with E-state index in [9.17, 15) is 9.90 Å². The topological polar surface area (TPSA) is 77.2 Å². The lowest BCUT2D eigenvalue weighted by atomic mass is 10.0. The van der Waals surface area contributed by atoms with Crippen molar-refractivity contribution in [1.29, 1.82) is 0 Å². The van der Waals surface area contributed by atoms with E-state index >= 15 is 0 Å². The molecule has 0 saturated heterocycles. The number of nitrogens with one attached hydrogen (secondary N) is 3. The molecule has 0 aliphatic heterocycles. The van der Waals surface area contributed by atoms with Crippen LogP contribution in [-0.2, 0) is 6.42 Å². The van der Waals surface area contributed by atoms with Crippen LogP contribution >= 0.6 is 0 Å². The Labute approximate surface area is 136 Å². The number of aromatic nitrogens is 1. The molecule has 1 heterocycles. The molecule has 5 heteroatoms. The average molecular weight is 315 g/mol. The molecular weight excluding hydrogens is 290 g/mol. The minimum Gasteiger partial charge on any atom is -0.388 e. The van der Waals surface area contributed by atoms with Crippen LogP contribution in [0.5, 0.6) is 0 Å². The second-order valence-corrected chi connectivity index (χ2v) is 6.65. The molecule has 1 aliphatic rings. The Hall–Kier alpha value is -2.01. The van der Waals surface area contributed by atoms with Crippen LogP contribution < -0.4 is 10.6 Å². The van der Waals surface area contributed by atoms with E-state index in [2.05, 4.69) is 40.7 Å². The summed E-state index contributed by atoms with van der Waals surface area (Å²) < 4.78 is 0.